The van der Waals surface area contributed by atoms with Crippen LogP contribution in [0, 0.1) is 6.92 Å². The quantitative estimate of drug-likeness (QED) is 0.859. The monoisotopic (exact) mass is 331 g/mol. The number of aromatic nitrogens is 2. The van der Waals surface area contributed by atoms with Crippen LogP contribution in [-0.4, -0.2) is 45.6 Å². The van der Waals surface area contributed by atoms with Crippen molar-refractivity contribution in [3.63, 3.8) is 0 Å². The van der Waals surface area contributed by atoms with Crippen LogP contribution in [0.5, 0.6) is 0 Å². The van der Waals surface area contributed by atoms with E-state index in [0.717, 1.165) is 12.0 Å². The van der Waals surface area contributed by atoms with Crippen molar-refractivity contribution in [1.29, 1.82) is 0 Å². The van der Waals surface area contributed by atoms with Crippen LogP contribution in [0.1, 0.15) is 35.5 Å². The molecule has 0 spiro atoms. The third kappa shape index (κ3) is 3.27. The maximum atomic E-state index is 12.7. The van der Waals surface area contributed by atoms with Gasteiger partial charge in [-0.05, 0) is 43.4 Å². The minimum Gasteiger partial charge on any atom is -0.421 e. The van der Waals surface area contributed by atoms with Gasteiger partial charge in [-0.2, -0.15) is 11.8 Å². The number of aryl methyl sites for hydroxylation is 1. The fraction of sp³-hybridized carbons (Fsp3) is 0.471. The average Bonchev–Trinajstić information content (AvgIpc) is 3.22. The van der Waals surface area contributed by atoms with Gasteiger partial charge in [0.25, 0.3) is 5.91 Å². The van der Waals surface area contributed by atoms with Gasteiger partial charge in [-0.3, -0.25) is 4.79 Å². The molecule has 1 aliphatic rings. The van der Waals surface area contributed by atoms with Crippen LogP contribution in [-0.2, 0) is 0 Å². The van der Waals surface area contributed by atoms with Crippen LogP contribution in [0.2, 0.25) is 0 Å². The van der Waals surface area contributed by atoms with Crippen LogP contribution >= 0.6 is 11.8 Å². The summed E-state index contributed by atoms with van der Waals surface area (Å²) in [6.07, 6.45) is 5.61. The summed E-state index contributed by atoms with van der Waals surface area (Å²) in [4.78, 5) is 14.6. The molecule has 1 saturated carbocycles. The van der Waals surface area contributed by atoms with Crippen LogP contribution < -0.4 is 0 Å². The van der Waals surface area contributed by atoms with E-state index in [1.807, 2.05) is 48.0 Å². The first kappa shape index (κ1) is 16.1. The molecule has 1 fully saturated rings. The van der Waals surface area contributed by atoms with Crippen molar-refractivity contribution in [3.8, 4) is 11.5 Å². The Bertz CT molecular complexity index is 683. The first-order chi connectivity index (χ1) is 11.1. The minimum absolute atomic E-state index is 0.0733. The highest BCUT2D eigenvalue weighted by molar-refractivity contribution is 7.99. The Labute approximate surface area is 140 Å². The van der Waals surface area contributed by atoms with Crippen LogP contribution in [0.4, 0.5) is 0 Å². The maximum absolute atomic E-state index is 12.7. The molecule has 5 nitrogen and oxygen atoms in total. The predicted molar refractivity (Wildman–Crippen MR) is 91.5 cm³/mol. The van der Waals surface area contributed by atoms with E-state index in [-0.39, 0.29) is 5.91 Å². The molecular weight excluding hydrogens is 310 g/mol. The van der Waals surface area contributed by atoms with Crippen molar-refractivity contribution in [2.45, 2.75) is 37.5 Å². The predicted octanol–water partition coefficient (Wildman–Crippen LogP) is 3.40. The van der Waals surface area contributed by atoms with E-state index in [1.165, 1.54) is 12.8 Å². The summed E-state index contributed by atoms with van der Waals surface area (Å²) in [7, 11) is 1.91. The number of rotatable bonds is 4. The summed E-state index contributed by atoms with van der Waals surface area (Å²) in [5.74, 6) is 1.08. The summed E-state index contributed by atoms with van der Waals surface area (Å²) in [5, 5.41) is 8.37. The Balaban J connectivity index is 1.75. The summed E-state index contributed by atoms with van der Waals surface area (Å²) in [6.45, 7) is 1.76. The SMILES string of the molecule is CSC1CCCC1N(C)C(=O)c1ccc(-c2nnc(C)o2)cc1. The Morgan fingerprint density at radius 2 is 2.00 bits per heavy atom. The number of nitrogens with zero attached hydrogens (tertiary/aromatic N) is 3. The van der Waals surface area contributed by atoms with E-state index in [2.05, 4.69) is 16.5 Å². The minimum atomic E-state index is 0.0733. The van der Waals surface area contributed by atoms with Gasteiger partial charge in [0, 0.05) is 36.4 Å². The maximum Gasteiger partial charge on any atom is 0.253 e. The van der Waals surface area contributed by atoms with E-state index >= 15 is 0 Å². The van der Waals surface area contributed by atoms with Gasteiger partial charge in [-0.15, -0.1) is 10.2 Å². The molecular formula is C17H21N3O2S. The van der Waals surface area contributed by atoms with Gasteiger partial charge in [0.2, 0.25) is 11.8 Å². The number of carbonyl (C=O) groups is 1. The lowest BCUT2D eigenvalue weighted by atomic mass is 10.1. The number of amides is 1. The lowest BCUT2D eigenvalue weighted by molar-refractivity contribution is 0.0738. The van der Waals surface area contributed by atoms with Crippen molar-refractivity contribution in [2.24, 2.45) is 0 Å². The molecule has 23 heavy (non-hydrogen) atoms. The zero-order valence-electron chi connectivity index (χ0n) is 13.7. The van der Waals surface area contributed by atoms with E-state index in [0.29, 0.717) is 28.6 Å². The lowest BCUT2D eigenvalue weighted by Gasteiger charge is -2.29. The third-order valence-corrected chi connectivity index (χ3v) is 5.60. The number of thioether (sulfide) groups is 1. The number of hydrogen-bond donors (Lipinski definition) is 0. The molecule has 1 heterocycles. The van der Waals surface area contributed by atoms with E-state index in [4.69, 9.17) is 4.42 Å². The largest absolute Gasteiger partial charge is 0.421 e. The van der Waals surface area contributed by atoms with Gasteiger partial charge in [-0.25, -0.2) is 0 Å². The van der Waals surface area contributed by atoms with E-state index < -0.39 is 0 Å². The number of benzene rings is 1. The molecule has 2 aromatic rings. The van der Waals surface area contributed by atoms with Crippen LogP contribution in [0.3, 0.4) is 0 Å². The first-order valence-corrected chi connectivity index (χ1v) is 9.09. The molecule has 0 radical (unpaired) electrons. The normalized spacial score (nSPS) is 20.7. The molecule has 6 heteroatoms. The molecule has 1 aromatic heterocycles. The van der Waals surface area contributed by atoms with Gasteiger partial charge < -0.3 is 9.32 Å². The van der Waals surface area contributed by atoms with Gasteiger partial charge in [0.1, 0.15) is 0 Å². The number of carbonyl (C=O) groups excluding carboxylic acids is 1. The summed E-state index contributed by atoms with van der Waals surface area (Å²) in [5.41, 5.74) is 1.52. The Kier molecular flexibility index (Phi) is 4.71. The van der Waals surface area contributed by atoms with E-state index in [1.54, 1.807) is 6.92 Å². The topological polar surface area (TPSA) is 59.2 Å². The molecule has 0 N–H and O–H groups in total. The van der Waals surface area contributed by atoms with Gasteiger partial charge in [-0.1, -0.05) is 6.42 Å². The van der Waals surface area contributed by atoms with Gasteiger partial charge in [0.05, 0.1) is 0 Å². The number of hydrogen-bond acceptors (Lipinski definition) is 5. The lowest BCUT2D eigenvalue weighted by Crippen LogP contribution is -2.40. The summed E-state index contributed by atoms with van der Waals surface area (Å²) in [6, 6.07) is 7.70. The molecule has 1 aliphatic carbocycles. The third-order valence-electron chi connectivity index (χ3n) is 4.44. The zero-order chi connectivity index (χ0) is 16.4. The van der Waals surface area contributed by atoms with Crippen molar-refractivity contribution in [1.82, 2.24) is 15.1 Å². The highest BCUT2D eigenvalue weighted by Crippen LogP contribution is 2.32. The average molecular weight is 331 g/mol. The molecule has 1 aromatic carbocycles. The Morgan fingerprint density at radius 1 is 1.26 bits per heavy atom. The molecule has 0 aliphatic heterocycles. The molecule has 2 unspecified atom stereocenters. The van der Waals surface area contributed by atoms with Gasteiger partial charge >= 0.3 is 0 Å². The van der Waals surface area contributed by atoms with Crippen LogP contribution in [0.25, 0.3) is 11.5 Å². The zero-order valence-corrected chi connectivity index (χ0v) is 14.5. The fourth-order valence-corrected chi connectivity index (χ4v) is 4.18. The molecule has 1 amide bonds. The second kappa shape index (κ2) is 6.74. The van der Waals surface area contributed by atoms with E-state index in [9.17, 15) is 4.79 Å². The van der Waals surface area contributed by atoms with Gasteiger partial charge in [0.15, 0.2) is 0 Å². The summed E-state index contributed by atoms with van der Waals surface area (Å²) < 4.78 is 5.41. The Hall–Kier alpha value is -1.82. The molecule has 122 valence electrons. The standard InChI is InChI=1S/C17H21N3O2S/c1-11-18-19-16(22-11)12-7-9-13(10-8-12)17(21)20(2)14-5-4-6-15(14)23-3/h7-10,14-15H,4-6H2,1-3H3. The second-order valence-corrected chi connectivity index (χ2v) is 6.97. The highest BCUT2D eigenvalue weighted by Gasteiger charge is 2.32. The molecule has 0 bridgehead atoms. The molecule has 0 saturated heterocycles. The summed E-state index contributed by atoms with van der Waals surface area (Å²) >= 11 is 1.86. The second-order valence-electron chi connectivity index (χ2n) is 5.89. The highest BCUT2D eigenvalue weighted by atomic mass is 32.2. The smallest absolute Gasteiger partial charge is 0.253 e. The molecule has 2 atom stereocenters. The van der Waals surface area contributed by atoms with Crippen molar-refractivity contribution in [3.05, 3.63) is 35.7 Å². The van der Waals surface area contributed by atoms with Crippen LogP contribution in [0.15, 0.2) is 28.7 Å². The van der Waals surface area contributed by atoms with Crippen molar-refractivity contribution < 1.29 is 9.21 Å². The first-order valence-electron chi connectivity index (χ1n) is 7.80. The Morgan fingerprint density at radius 3 is 2.61 bits per heavy atom. The van der Waals surface area contributed by atoms with Crippen molar-refractivity contribution in [2.75, 3.05) is 13.3 Å². The molecule has 3 rings (SSSR count). The van der Waals surface area contributed by atoms with Crippen molar-refractivity contribution >= 4 is 17.7 Å². The fourth-order valence-electron chi connectivity index (χ4n) is 3.15.